The highest BCUT2D eigenvalue weighted by Crippen LogP contribution is 2.20. The third-order valence-corrected chi connectivity index (χ3v) is 4.78. The number of anilines is 1. The summed E-state index contributed by atoms with van der Waals surface area (Å²) >= 11 is 0. The Bertz CT molecular complexity index is 936. The van der Waals surface area contributed by atoms with Gasteiger partial charge in [-0.1, -0.05) is 6.07 Å². The lowest BCUT2D eigenvalue weighted by molar-refractivity contribution is -0.133. The van der Waals surface area contributed by atoms with Gasteiger partial charge in [0.05, 0.1) is 13.4 Å². The normalized spacial score (nSPS) is 14.0. The maximum absolute atomic E-state index is 12.5. The van der Waals surface area contributed by atoms with E-state index >= 15 is 0 Å². The molecule has 8 heteroatoms. The number of carbonyl (C=O) groups is 1. The fourth-order valence-electron chi connectivity index (χ4n) is 3.16. The number of piperazine rings is 1. The molecule has 0 atom stereocenters. The molecule has 8 nitrogen and oxygen atoms in total. The number of ether oxygens (including phenoxy) is 2. The predicted molar refractivity (Wildman–Crippen MR) is 107 cm³/mol. The van der Waals surface area contributed by atoms with Crippen LogP contribution >= 0.6 is 0 Å². The summed E-state index contributed by atoms with van der Waals surface area (Å²) in [6.45, 7) is 2.62. The van der Waals surface area contributed by atoms with Gasteiger partial charge in [0.2, 0.25) is 0 Å². The first kappa shape index (κ1) is 18.8. The molecule has 1 saturated heterocycles. The number of benzene rings is 1. The highest BCUT2D eigenvalue weighted by atomic mass is 16.5. The van der Waals surface area contributed by atoms with Crippen molar-refractivity contribution < 1.29 is 18.7 Å². The van der Waals surface area contributed by atoms with Crippen molar-refractivity contribution in [3.8, 4) is 23.0 Å². The molecule has 29 heavy (non-hydrogen) atoms. The summed E-state index contributed by atoms with van der Waals surface area (Å²) in [5.41, 5.74) is 0.697. The number of aromatic nitrogens is 2. The number of rotatable bonds is 6. The van der Waals surface area contributed by atoms with Gasteiger partial charge in [0.1, 0.15) is 17.2 Å². The molecule has 0 aliphatic carbocycles. The fourth-order valence-corrected chi connectivity index (χ4v) is 3.16. The van der Waals surface area contributed by atoms with E-state index in [2.05, 4.69) is 15.1 Å². The summed E-state index contributed by atoms with van der Waals surface area (Å²) in [6.07, 6.45) is 1.61. The van der Waals surface area contributed by atoms with Gasteiger partial charge in [-0.2, -0.15) is 0 Å². The van der Waals surface area contributed by atoms with Crippen molar-refractivity contribution in [3.63, 3.8) is 0 Å². The summed E-state index contributed by atoms with van der Waals surface area (Å²) in [5.74, 6) is 2.76. The molecule has 0 unspecified atom stereocenters. The van der Waals surface area contributed by atoms with Crippen LogP contribution in [0.25, 0.3) is 11.5 Å². The maximum atomic E-state index is 12.5. The van der Waals surface area contributed by atoms with Crippen LogP contribution in [-0.4, -0.2) is 60.9 Å². The van der Waals surface area contributed by atoms with Crippen molar-refractivity contribution in [1.29, 1.82) is 0 Å². The van der Waals surface area contributed by atoms with E-state index < -0.39 is 0 Å². The van der Waals surface area contributed by atoms with Crippen molar-refractivity contribution in [2.45, 2.75) is 0 Å². The second-order valence-corrected chi connectivity index (χ2v) is 6.59. The number of hydrogen-bond donors (Lipinski definition) is 0. The Labute approximate surface area is 168 Å². The average Bonchev–Trinajstić information content (AvgIpc) is 3.33. The molecule has 1 aliphatic heterocycles. The summed E-state index contributed by atoms with van der Waals surface area (Å²) in [5, 5.41) is 8.53. The zero-order chi connectivity index (χ0) is 20.1. The van der Waals surface area contributed by atoms with Crippen LogP contribution in [0.5, 0.6) is 11.5 Å². The molecule has 0 radical (unpaired) electrons. The molecule has 3 aromatic rings. The molecule has 150 valence electrons. The zero-order valence-corrected chi connectivity index (χ0v) is 16.2. The first-order chi connectivity index (χ1) is 14.2. The van der Waals surface area contributed by atoms with Crippen molar-refractivity contribution in [2.75, 3.05) is 44.8 Å². The first-order valence-electron chi connectivity index (χ1n) is 9.40. The minimum Gasteiger partial charge on any atom is -0.497 e. The van der Waals surface area contributed by atoms with Gasteiger partial charge in [-0.3, -0.25) is 4.79 Å². The van der Waals surface area contributed by atoms with E-state index in [0.29, 0.717) is 49.1 Å². The number of carbonyl (C=O) groups excluding carboxylic acids is 1. The molecule has 0 spiro atoms. The average molecular weight is 394 g/mol. The van der Waals surface area contributed by atoms with Gasteiger partial charge in [0, 0.05) is 32.2 Å². The smallest absolute Gasteiger partial charge is 0.260 e. The Hall–Kier alpha value is -3.55. The maximum Gasteiger partial charge on any atom is 0.260 e. The predicted octanol–water partition coefficient (Wildman–Crippen LogP) is 2.47. The molecular formula is C21H22N4O4. The molecule has 4 rings (SSSR count). The highest BCUT2D eigenvalue weighted by molar-refractivity contribution is 5.78. The van der Waals surface area contributed by atoms with Crippen LogP contribution in [0.15, 0.2) is 59.2 Å². The van der Waals surface area contributed by atoms with Gasteiger partial charge in [0.25, 0.3) is 5.91 Å². The van der Waals surface area contributed by atoms with Crippen LogP contribution in [0.4, 0.5) is 5.82 Å². The second kappa shape index (κ2) is 8.64. The van der Waals surface area contributed by atoms with Crippen LogP contribution in [0.2, 0.25) is 0 Å². The van der Waals surface area contributed by atoms with E-state index in [9.17, 15) is 4.79 Å². The third-order valence-electron chi connectivity index (χ3n) is 4.78. The molecule has 2 aromatic heterocycles. The van der Waals surface area contributed by atoms with Gasteiger partial charge in [0.15, 0.2) is 18.2 Å². The van der Waals surface area contributed by atoms with Crippen LogP contribution in [0.3, 0.4) is 0 Å². The van der Waals surface area contributed by atoms with Crippen LogP contribution in [0, 0.1) is 0 Å². The number of furan rings is 1. The molecule has 1 fully saturated rings. The monoisotopic (exact) mass is 394 g/mol. The molecule has 0 saturated carbocycles. The van der Waals surface area contributed by atoms with E-state index in [4.69, 9.17) is 13.9 Å². The summed E-state index contributed by atoms with van der Waals surface area (Å²) in [7, 11) is 1.60. The van der Waals surface area contributed by atoms with Gasteiger partial charge in [-0.25, -0.2) is 0 Å². The summed E-state index contributed by atoms with van der Waals surface area (Å²) in [6, 6.07) is 14.7. The molecule has 0 bridgehead atoms. The number of methoxy groups -OCH3 is 1. The van der Waals surface area contributed by atoms with Gasteiger partial charge in [-0.15, -0.1) is 10.2 Å². The first-order valence-corrected chi connectivity index (χ1v) is 9.40. The molecule has 3 heterocycles. The van der Waals surface area contributed by atoms with Crippen molar-refractivity contribution >= 4 is 11.7 Å². The minimum atomic E-state index is -0.0354. The third kappa shape index (κ3) is 4.48. The van der Waals surface area contributed by atoms with E-state index in [1.54, 1.807) is 30.4 Å². The Morgan fingerprint density at radius 1 is 1.03 bits per heavy atom. The standard InChI is InChI=1S/C21H22N4O4/c1-27-16-4-2-5-17(14-16)29-15-21(26)25-11-9-24(10-12-25)20-8-7-18(22-23-20)19-6-3-13-28-19/h2-8,13-14H,9-12,15H2,1H3. The van der Waals surface area contributed by atoms with E-state index in [0.717, 1.165) is 5.82 Å². The Balaban J connectivity index is 1.28. The van der Waals surface area contributed by atoms with Crippen molar-refractivity contribution in [3.05, 3.63) is 54.8 Å². The van der Waals surface area contributed by atoms with Crippen LogP contribution < -0.4 is 14.4 Å². The van der Waals surface area contributed by atoms with E-state index in [1.165, 1.54) is 0 Å². The van der Waals surface area contributed by atoms with Gasteiger partial charge in [-0.05, 0) is 36.4 Å². The molecule has 1 aromatic carbocycles. The summed E-state index contributed by atoms with van der Waals surface area (Å²) in [4.78, 5) is 16.4. The lowest BCUT2D eigenvalue weighted by Gasteiger charge is -2.35. The Kier molecular flexibility index (Phi) is 5.60. The Morgan fingerprint density at radius 2 is 1.86 bits per heavy atom. The number of hydrogen-bond acceptors (Lipinski definition) is 7. The lowest BCUT2D eigenvalue weighted by atomic mass is 10.2. The fraction of sp³-hybridized carbons (Fsp3) is 0.286. The SMILES string of the molecule is COc1cccc(OCC(=O)N2CCN(c3ccc(-c4ccco4)nn3)CC2)c1. The number of amides is 1. The molecule has 0 N–H and O–H groups in total. The second-order valence-electron chi connectivity index (χ2n) is 6.59. The molecule has 1 amide bonds. The largest absolute Gasteiger partial charge is 0.497 e. The van der Waals surface area contributed by atoms with E-state index in [-0.39, 0.29) is 12.5 Å². The van der Waals surface area contributed by atoms with Crippen molar-refractivity contribution in [2.24, 2.45) is 0 Å². The lowest BCUT2D eigenvalue weighted by Crippen LogP contribution is -2.50. The van der Waals surface area contributed by atoms with Crippen LogP contribution in [-0.2, 0) is 4.79 Å². The molecular weight excluding hydrogens is 372 g/mol. The molecule has 1 aliphatic rings. The van der Waals surface area contributed by atoms with E-state index in [1.807, 2.05) is 36.4 Å². The topological polar surface area (TPSA) is 80.9 Å². The van der Waals surface area contributed by atoms with Crippen LogP contribution in [0.1, 0.15) is 0 Å². The minimum absolute atomic E-state index is 0.00478. The van der Waals surface area contributed by atoms with Gasteiger partial charge >= 0.3 is 0 Å². The van der Waals surface area contributed by atoms with Gasteiger partial charge < -0.3 is 23.7 Å². The Morgan fingerprint density at radius 3 is 2.55 bits per heavy atom. The van der Waals surface area contributed by atoms with Crippen molar-refractivity contribution in [1.82, 2.24) is 15.1 Å². The quantitative estimate of drug-likeness (QED) is 0.635. The zero-order valence-electron chi connectivity index (χ0n) is 16.2. The highest BCUT2D eigenvalue weighted by Gasteiger charge is 2.22. The summed E-state index contributed by atoms with van der Waals surface area (Å²) < 4.78 is 16.1. The number of nitrogens with zero attached hydrogens (tertiary/aromatic N) is 4.